The minimum absolute atomic E-state index is 0.102. The molecule has 1 aromatic carbocycles. The van der Waals surface area contributed by atoms with E-state index in [1.807, 2.05) is 12.1 Å². The number of hydrogen-bond acceptors (Lipinski definition) is 5. The second kappa shape index (κ2) is 8.34. The lowest BCUT2D eigenvalue weighted by Gasteiger charge is -2.56. The van der Waals surface area contributed by atoms with Crippen LogP contribution in [-0.4, -0.2) is 22.0 Å². The number of ether oxygens (including phenoxy) is 1. The van der Waals surface area contributed by atoms with Gasteiger partial charge in [-0.25, -0.2) is 9.97 Å². The average Bonchev–Trinajstić information content (AvgIpc) is 2.60. The van der Waals surface area contributed by atoms with Gasteiger partial charge in [0.2, 0.25) is 5.28 Å². The zero-order chi connectivity index (χ0) is 21.1. The lowest BCUT2D eigenvalue weighted by Crippen LogP contribution is -2.58. The van der Waals surface area contributed by atoms with Gasteiger partial charge in [0.1, 0.15) is 17.9 Å². The van der Waals surface area contributed by atoms with E-state index >= 15 is 0 Å². The van der Waals surface area contributed by atoms with Crippen LogP contribution in [0.3, 0.4) is 0 Å². The highest BCUT2D eigenvalue weighted by Crippen LogP contribution is 2.55. The molecule has 1 heterocycles. The van der Waals surface area contributed by atoms with E-state index in [-0.39, 0.29) is 27.8 Å². The first kappa shape index (κ1) is 21.9. The third-order valence-corrected chi connectivity index (χ3v) is 5.06. The Labute approximate surface area is 174 Å². The molecule has 0 bridgehead atoms. The van der Waals surface area contributed by atoms with Crippen molar-refractivity contribution in [3.8, 4) is 11.8 Å². The maximum atomic E-state index is 10.4. The molecule has 3 rings (SSSR count). The summed E-state index contributed by atoms with van der Waals surface area (Å²) in [6, 6.07) is 7.29. The number of amides is 1. The number of carbonyl (C=O) groups is 1. The average molecular weight is 421 g/mol. The Kier molecular flexibility index (Phi) is 6.53. The summed E-state index contributed by atoms with van der Waals surface area (Å²) in [5, 5.41) is 9.39. The summed E-state index contributed by atoms with van der Waals surface area (Å²) in [7, 11) is 0. The molecule has 8 heteroatoms. The highest BCUT2D eigenvalue weighted by Gasteiger charge is 2.54. The van der Waals surface area contributed by atoms with Gasteiger partial charge < -0.3 is 10.5 Å². The van der Waals surface area contributed by atoms with Crippen molar-refractivity contribution in [2.75, 3.05) is 0 Å². The Morgan fingerprint density at radius 3 is 2.21 bits per heavy atom. The molecule has 1 aliphatic rings. The number of nitriles is 1. The molecule has 0 spiro atoms. The second-order valence-electron chi connectivity index (χ2n) is 8.01. The zero-order valence-electron chi connectivity index (χ0n) is 16.2. The van der Waals surface area contributed by atoms with E-state index in [9.17, 15) is 4.79 Å². The van der Waals surface area contributed by atoms with Crippen LogP contribution in [0.2, 0.25) is 10.3 Å². The molecule has 1 amide bonds. The van der Waals surface area contributed by atoms with Crippen LogP contribution in [0.1, 0.15) is 50.0 Å². The first-order valence-corrected chi connectivity index (χ1v) is 9.35. The summed E-state index contributed by atoms with van der Waals surface area (Å²) in [6.07, 6.45) is 3.87. The lowest BCUT2D eigenvalue weighted by molar-refractivity contribution is -0.133. The van der Waals surface area contributed by atoms with Gasteiger partial charge >= 0.3 is 0 Å². The van der Waals surface area contributed by atoms with Gasteiger partial charge in [-0.15, -0.1) is 0 Å². The summed E-state index contributed by atoms with van der Waals surface area (Å²) < 4.78 is 6.07. The third kappa shape index (κ3) is 5.12. The molecular weight excluding hydrogens is 399 g/mol. The Morgan fingerprint density at radius 1 is 1.21 bits per heavy atom. The van der Waals surface area contributed by atoms with E-state index in [1.54, 1.807) is 12.1 Å². The summed E-state index contributed by atoms with van der Waals surface area (Å²) >= 11 is 11.4. The number of benzene rings is 1. The quantitative estimate of drug-likeness (QED) is 0.728. The largest absolute Gasteiger partial charge is 0.489 e. The smallest absolute Gasteiger partial charge is 0.251 e. The molecule has 6 nitrogen and oxygen atoms in total. The van der Waals surface area contributed by atoms with Crippen molar-refractivity contribution in [3.63, 3.8) is 0 Å². The van der Waals surface area contributed by atoms with Crippen LogP contribution in [0.15, 0.2) is 30.6 Å². The molecule has 1 aromatic heterocycles. The standard InChI is InChI=1S/C15H18ClNO.C5H4ClN3O/c1-14(2)9-15(3,4)13(14)18-11-6-5-10(8-17)12(16)7-11;6-5-8-1-3(2-9-5)4(7)10/h5-7,13H,9H2,1-4H3;1-2H,(H2,7,10). The van der Waals surface area contributed by atoms with Crippen LogP contribution < -0.4 is 10.5 Å². The summed E-state index contributed by atoms with van der Waals surface area (Å²) in [5.41, 5.74) is 6.01. The summed E-state index contributed by atoms with van der Waals surface area (Å²) in [4.78, 5) is 17.5. The number of nitrogens with two attached hydrogens (primary N) is 1. The van der Waals surface area contributed by atoms with Crippen molar-refractivity contribution in [1.82, 2.24) is 9.97 Å². The monoisotopic (exact) mass is 420 g/mol. The van der Waals surface area contributed by atoms with Crippen LogP contribution >= 0.6 is 23.2 Å². The molecule has 2 N–H and O–H groups in total. The van der Waals surface area contributed by atoms with Gasteiger partial charge in [0.15, 0.2) is 0 Å². The molecule has 0 radical (unpaired) electrons. The van der Waals surface area contributed by atoms with Gasteiger partial charge in [0.25, 0.3) is 5.91 Å². The normalized spacial score (nSPS) is 16.8. The van der Waals surface area contributed by atoms with Crippen molar-refractivity contribution < 1.29 is 9.53 Å². The number of aromatic nitrogens is 2. The Balaban J connectivity index is 0.000000237. The topological polar surface area (TPSA) is 102 Å². The Bertz CT molecular complexity index is 891. The van der Waals surface area contributed by atoms with Crippen LogP contribution in [0.4, 0.5) is 0 Å². The summed E-state index contributed by atoms with van der Waals surface area (Å²) in [5.74, 6) is 0.182. The number of rotatable bonds is 3. The van der Waals surface area contributed by atoms with E-state index in [1.165, 1.54) is 12.4 Å². The number of primary amides is 1. The van der Waals surface area contributed by atoms with Gasteiger partial charge in [-0.3, -0.25) is 4.79 Å². The fourth-order valence-electron chi connectivity index (χ4n) is 3.84. The second-order valence-corrected chi connectivity index (χ2v) is 8.76. The van der Waals surface area contributed by atoms with Gasteiger partial charge in [-0.2, -0.15) is 5.26 Å². The van der Waals surface area contributed by atoms with E-state index in [4.69, 9.17) is 38.9 Å². The van der Waals surface area contributed by atoms with Crippen molar-refractivity contribution in [2.24, 2.45) is 16.6 Å². The number of halogens is 2. The number of hydrogen-bond donors (Lipinski definition) is 1. The van der Waals surface area contributed by atoms with Crippen LogP contribution in [0.25, 0.3) is 0 Å². The molecule has 148 valence electrons. The number of carbonyl (C=O) groups excluding carboxylic acids is 1. The molecule has 0 atom stereocenters. The van der Waals surface area contributed by atoms with Gasteiger partial charge in [0.05, 0.1) is 16.1 Å². The van der Waals surface area contributed by atoms with Gasteiger partial charge in [-0.05, 0) is 30.2 Å². The third-order valence-electron chi connectivity index (χ3n) is 4.55. The van der Waals surface area contributed by atoms with Gasteiger partial charge in [0, 0.05) is 29.3 Å². The van der Waals surface area contributed by atoms with Crippen LogP contribution in [-0.2, 0) is 0 Å². The van der Waals surface area contributed by atoms with Crippen LogP contribution in [0.5, 0.6) is 5.75 Å². The van der Waals surface area contributed by atoms with E-state index in [0.717, 1.165) is 12.2 Å². The fraction of sp³-hybridized carbons (Fsp3) is 0.400. The SMILES string of the molecule is CC1(C)CC(C)(C)C1Oc1ccc(C#N)c(Cl)c1.NC(=O)c1cnc(Cl)nc1. The maximum absolute atomic E-state index is 10.4. The molecule has 0 unspecified atom stereocenters. The van der Waals surface area contributed by atoms with E-state index in [2.05, 4.69) is 37.7 Å². The Morgan fingerprint density at radius 2 is 1.79 bits per heavy atom. The van der Waals surface area contributed by atoms with Crippen molar-refractivity contribution in [1.29, 1.82) is 5.26 Å². The predicted octanol–water partition coefficient (Wildman–Crippen LogP) is 4.64. The van der Waals surface area contributed by atoms with Crippen molar-refractivity contribution in [2.45, 2.75) is 40.2 Å². The molecule has 1 saturated carbocycles. The van der Waals surface area contributed by atoms with Crippen molar-refractivity contribution >= 4 is 29.1 Å². The highest BCUT2D eigenvalue weighted by molar-refractivity contribution is 6.31. The van der Waals surface area contributed by atoms with Crippen molar-refractivity contribution in [3.05, 3.63) is 52.0 Å². The molecule has 1 aliphatic carbocycles. The maximum Gasteiger partial charge on any atom is 0.251 e. The van der Waals surface area contributed by atoms with Crippen LogP contribution in [0, 0.1) is 22.2 Å². The molecular formula is C20H22Cl2N4O2. The first-order valence-electron chi connectivity index (χ1n) is 8.60. The summed E-state index contributed by atoms with van der Waals surface area (Å²) in [6.45, 7) is 8.87. The minimum Gasteiger partial charge on any atom is -0.489 e. The first-order chi connectivity index (χ1) is 13.0. The van der Waals surface area contributed by atoms with E-state index in [0.29, 0.717) is 10.6 Å². The predicted molar refractivity (Wildman–Crippen MR) is 108 cm³/mol. The fourth-order valence-corrected chi connectivity index (χ4v) is 4.15. The minimum atomic E-state index is -0.559. The van der Waals surface area contributed by atoms with Gasteiger partial charge in [-0.1, -0.05) is 39.3 Å². The zero-order valence-corrected chi connectivity index (χ0v) is 17.7. The lowest BCUT2D eigenvalue weighted by atomic mass is 9.53. The Hall–Kier alpha value is -2.36. The molecule has 28 heavy (non-hydrogen) atoms. The highest BCUT2D eigenvalue weighted by atomic mass is 35.5. The molecule has 0 aliphatic heterocycles. The molecule has 0 saturated heterocycles. The van der Waals surface area contributed by atoms with E-state index < -0.39 is 5.91 Å². The molecule has 2 aromatic rings. The molecule has 1 fully saturated rings. The number of nitrogens with zero attached hydrogens (tertiary/aromatic N) is 3.